The minimum Gasteiger partial charge on any atom is -0.366 e. The number of hydrogen-bond acceptors (Lipinski definition) is 5. The number of fused-ring (bicyclic) bond motifs is 1. The predicted octanol–water partition coefficient (Wildman–Crippen LogP) is 3.63. The SMILES string of the molecule is CC(=O)N1c2ccc(C(N)=O)cc2[C@H](Nc2nccc(C(C)C)n2)[C@@H](C)[C@@H]1C1CC1. The monoisotopic (exact) mass is 407 g/mol. The third-order valence-electron chi connectivity index (χ3n) is 6.27. The maximum Gasteiger partial charge on any atom is 0.248 e. The lowest BCUT2D eigenvalue weighted by molar-refractivity contribution is -0.117. The van der Waals surface area contributed by atoms with Crippen molar-refractivity contribution in [2.75, 3.05) is 10.2 Å². The van der Waals surface area contributed by atoms with Crippen molar-refractivity contribution in [2.45, 2.75) is 58.5 Å². The fourth-order valence-corrected chi connectivity index (χ4v) is 4.62. The van der Waals surface area contributed by atoms with E-state index in [9.17, 15) is 9.59 Å². The molecule has 0 bridgehead atoms. The Balaban J connectivity index is 1.81. The zero-order chi connectivity index (χ0) is 21.6. The van der Waals surface area contributed by atoms with Crippen molar-refractivity contribution < 1.29 is 9.59 Å². The van der Waals surface area contributed by atoms with E-state index >= 15 is 0 Å². The normalized spacial score (nSPS) is 23.2. The van der Waals surface area contributed by atoms with Crippen LogP contribution in [0.15, 0.2) is 30.5 Å². The number of amides is 2. The van der Waals surface area contributed by atoms with Crippen molar-refractivity contribution in [1.82, 2.24) is 9.97 Å². The van der Waals surface area contributed by atoms with E-state index in [2.05, 4.69) is 36.1 Å². The molecule has 7 heteroatoms. The first-order valence-electron chi connectivity index (χ1n) is 10.6. The van der Waals surface area contributed by atoms with Gasteiger partial charge < -0.3 is 16.0 Å². The molecule has 2 aliphatic rings. The summed E-state index contributed by atoms with van der Waals surface area (Å²) >= 11 is 0. The maximum atomic E-state index is 12.6. The molecule has 158 valence electrons. The van der Waals surface area contributed by atoms with E-state index in [0.29, 0.717) is 23.3 Å². The first-order valence-corrected chi connectivity index (χ1v) is 10.6. The second-order valence-electron chi connectivity index (χ2n) is 8.80. The van der Waals surface area contributed by atoms with Gasteiger partial charge in [0, 0.05) is 42.0 Å². The van der Waals surface area contributed by atoms with Crippen LogP contribution in [0, 0.1) is 11.8 Å². The minimum atomic E-state index is -0.485. The number of nitrogens with two attached hydrogens (primary N) is 1. The van der Waals surface area contributed by atoms with Crippen molar-refractivity contribution >= 4 is 23.5 Å². The van der Waals surface area contributed by atoms with Gasteiger partial charge in [-0.2, -0.15) is 0 Å². The van der Waals surface area contributed by atoms with Crippen molar-refractivity contribution in [3.63, 3.8) is 0 Å². The third-order valence-corrected chi connectivity index (χ3v) is 6.27. The molecule has 1 saturated carbocycles. The molecule has 3 atom stereocenters. The summed E-state index contributed by atoms with van der Waals surface area (Å²) in [5.41, 5.74) is 8.65. The molecule has 1 aromatic heterocycles. The van der Waals surface area contributed by atoms with Crippen LogP contribution in [0.4, 0.5) is 11.6 Å². The Hall–Kier alpha value is -2.96. The molecule has 0 saturated heterocycles. The minimum absolute atomic E-state index is 0.0170. The molecule has 2 heterocycles. The fourth-order valence-electron chi connectivity index (χ4n) is 4.62. The molecule has 2 amide bonds. The maximum absolute atomic E-state index is 12.6. The van der Waals surface area contributed by atoms with Crippen molar-refractivity contribution in [3.8, 4) is 0 Å². The lowest BCUT2D eigenvalue weighted by Crippen LogP contribution is -2.51. The topological polar surface area (TPSA) is 101 Å². The van der Waals surface area contributed by atoms with Crippen LogP contribution in [0.1, 0.15) is 74.1 Å². The number of anilines is 2. The quantitative estimate of drug-likeness (QED) is 0.788. The Morgan fingerprint density at radius 2 is 1.97 bits per heavy atom. The standard InChI is InChI=1S/C23H29N5O2/c1-12(2)18-9-10-25-23(26-18)27-20-13(3)21(15-5-6-15)28(14(4)29)19-8-7-16(22(24)30)11-17(19)20/h7-13,15,20-21H,5-6H2,1-4H3,(H2,24,30)(H,25,26,27)/t13-,20-,21-/m1/s1. The number of primary amides is 1. The van der Waals surface area contributed by atoms with Gasteiger partial charge in [0.05, 0.1) is 6.04 Å². The molecule has 30 heavy (non-hydrogen) atoms. The largest absolute Gasteiger partial charge is 0.366 e. The van der Waals surface area contributed by atoms with Crippen molar-refractivity contribution in [3.05, 3.63) is 47.3 Å². The van der Waals surface area contributed by atoms with E-state index in [1.54, 1.807) is 25.3 Å². The molecule has 0 unspecified atom stereocenters. The van der Waals surface area contributed by atoms with Crippen LogP contribution < -0.4 is 16.0 Å². The number of aromatic nitrogens is 2. The number of nitrogens with zero attached hydrogens (tertiary/aromatic N) is 3. The first-order chi connectivity index (χ1) is 14.3. The van der Waals surface area contributed by atoms with Gasteiger partial charge in [-0.15, -0.1) is 0 Å². The van der Waals surface area contributed by atoms with Crippen LogP contribution in [-0.4, -0.2) is 27.8 Å². The van der Waals surface area contributed by atoms with E-state index in [1.807, 2.05) is 17.0 Å². The van der Waals surface area contributed by atoms with Crippen LogP contribution in [-0.2, 0) is 4.79 Å². The molecule has 2 aromatic rings. The number of benzene rings is 1. The zero-order valence-corrected chi connectivity index (χ0v) is 17.9. The van der Waals surface area contributed by atoms with Crippen LogP contribution >= 0.6 is 0 Å². The van der Waals surface area contributed by atoms with Gasteiger partial charge in [-0.1, -0.05) is 20.8 Å². The number of nitrogens with one attached hydrogen (secondary N) is 1. The first kappa shape index (κ1) is 20.3. The molecule has 0 spiro atoms. The highest BCUT2D eigenvalue weighted by Crippen LogP contribution is 2.50. The van der Waals surface area contributed by atoms with Gasteiger partial charge in [-0.25, -0.2) is 9.97 Å². The summed E-state index contributed by atoms with van der Waals surface area (Å²) in [5, 5.41) is 3.51. The lowest BCUT2D eigenvalue weighted by atomic mass is 9.79. The second kappa shape index (κ2) is 7.70. The molecular weight excluding hydrogens is 378 g/mol. The Labute approximate surface area is 177 Å². The van der Waals surface area contributed by atoms with Gasteiger partial charge in [0.15, 0.2) is 0 Å². The Kier molecular flexibility index (Phi) is 5.22. The summed E-state index contributed by atoms with van der Waals surface area (Å²) in [6, 6.07) is 7.23. The average molecular weight is 408 g/mol. The van der Waals surface area contributed by atoms with Crippen LogP contribution in [0.5, 0.6) is 0 Å². The molecule has 1 aliphatic carbocycles. The molecular formula is C23H29N5O2. The third kappa shape index (κ3) is 3.64. The summed E-state index contributed by atoms with van der Waals surface area (Å²) < 4.78 is 0. The highest BCUT2D eigenvalue weighted by atomic mass is 16.2. The van der Waals surface area contributed by atoms with Gasteiger partial charge in [0.2, 0.25) is 17.8 Å². The lowest BCUT2D eigenvalue weighted by Gasteiger charge is -2.45. The average Bonchev–Trinajstić information content (AvgIpc) is 3.54. The number of hydrogen-bond donors (Lipinski definition) is 2. The molecule has 1 aliphatic heterocycles. The fraction of sp³-hybridized carbons (Fsp3) is 0.478. The smallest absolute Gasteiger partial charge is 0.248 e. The van der Waals surface area contributed by atoms with Gasteiger partial charge >= 0.3 is 0 Å². The van der Waals surface area contributed by atoms with Crippen LogP contribution in [0.3, 0.4) is 0 Å². The van der Waals surface area contributed by atoms with Gasteiger partial charge in [-0.05, 0) is 54.5 Å². The summed E-state index contributed by atoms with van der Waals surface area (Å²) in [5.74, 6) is 0.977. The summed E-state index contributed by atoms with van der Waals surface area (Å²) in [6.45, 7) is 7.95. The molecule has 4 rings (SSSR count). The Morgan fingerprint density at radius 3 is 2.57 bits per heavy atom. The van der Waals surface area contributed by atoms with Gasteiger partial charge in [-0.3, -0.25) is 9.59 Å². The van der Waals surface area contributed by atoms with E-state index in [0.717, 1.165) is 29.8 Å². The molecule has 7 nitrogen and oxygen atoms in total. The number of carbonyl (C=O) groups is 2. The van der Waals surface area contributed by atoms with E-state index in [1.165, 1.54) is 0 Å². The zero-order valence-electron chi connectivity index (χ0n) is 17.9. The summed E-state index contributed by atoms with van der Waals surface area (Å²) in [6.07, 6.45) is 4.01. The number of carbonyl (C=O) groups excluding carboxylic acids is 2. The second-order valence-corrected chi connectivity index (χ2v) is 8.80. The van der Waals surface area contributed by atoms with Gasteiger partial charge in [0.1, 0.15) is 0 Å². The predicted molar refractivity (Wildman–Crippen MR) is 116 cm³/mol. The highest BCUT2D eigenvalue weighted by Gasteiger charge is 2.47. The van der Waals surface area contributed by atoms with Crippen molar-refractivity contribution in [2.24, 2.45) is 17.6 Å². The van der Waals surface area contributed by atoms with Crippen LogP contribution in [0.25, 0.3) is 0 Å². The summed E-state index contributed by atoms with van der Waals surface area (Å²) in [4.78, 5) is 35.5. The van der Waals surface area contributed by atoms with Crippen molar-refractivity contribution in [1.29, 1.82) is 0 Å². The Bertz CT molecular complexity index is 985. The number of rotatable bonds is 5. The van der Waals surface area contributed by atoms with E-state index < -0.39 is 5.91 Å². The Morgan fingerprint density at radius 1 is 1.23 bits per heavy atom. The highest BCUT2D eigenvalue weighted by molar-refractivity contribution is 5.97. The summed E-state index contributed by atoms with van der Waals surface area (Å²) in [7, 11) is 0. The van der Waals surface area contributed by atoms with E-state index in [-0.39, 0.29) is 23.9 Å². The van der Waals surface area contributed by atoms with Gasteiger partial charge in [0.25, 0.3) is 0 Å². The molecule has 1 aromatic carbocycles. The molecule has 1 fully saturated rings. The molecule has 0 radical (unpaired) electrons. The molecule has 3 N–H and O–H groups in total. The van der Waals surface area contributed by atoms with Crippen LogP contribution in [0.2, 0.25) is 0 Å². The van der Waals surface area contributed by atoms with E-state index in [4.69, 9.17) is 5.73 Å².